The van der Waals surface area contributed by atoms with Crippen LogP contribution in [-0.4, -0.2) is 47.8 Å². The number of halogens is 1. The number of fused-ring (bicyclic) bond motifs is 2. The summed E-state index contributed by atoms with van der Waals surface area (Å²) in [7, 11) is 0. The van der Waals surface area contributed by atoms with E-state index in [1.54, 1.807) is 29.8 Å². The van der Waals surface area contributed by atoms with Crippen molar-refractivity contribution in [3.05, 3.63) is 61.6 Å². The van der Waals surface area contributed by atoms with E-state index >= 15 is 0 Å². The molecule has 11 heteroatoms. The molecule has 5 rings (SSSR count). The van der Waals surface area contributed by atoms with Crippen LogP contribution in [0.1, 0.15) is 31.3 Å². The Bertz CT molecular complexity index is 1620. The third-order valence-corrected chi connectivity index (χ3v) is 6.41. The normalized spacial score (nSPS) is 16.0. The molecule has 3 aromatic heterocycles. The van der Waals surface area contributed by atoms with Gasteiger partial charge in [-0.3, -0.25) is 9.36 Å². The summed E-state index contributed by atoms with van der Waals surface area (Å²) < 4.78 is 4.22. The van der Waals surface area contributed by atoms with Crippen LogP contribution in [0.3, 0.4) is 0 Å². The van der Waals surface area contributed by atoms with Crippen LogP contribution < -0.4 is 21.9 Å². The van der Waals surface area contributed by atoms with Crippen LogP contribution in [0, 0.1) is 18.8 Å². The van der Waals surface area contributed by atoms with Gasteiger partial charge in [-0.25, -0.2) is 19.4 Å². The average molecular weight is 493 g/mol. The van der Waals surface area contributed by atoms with E-state index in [1.165, 1.54) is 10.6 Å². The van der Waals surface area contributed by atoms with Crippen LogP contribution in [0.25, 0.3) is 16.6 Å². The van der Waals surface area contributed by atoms with Crippen molar-refractivity contribution in [2.24, 2.45) is 5.73 Å². The molecule has 0 bridgehead atoms. The molecule has 4 aromatic rings. The fourth-order valence-electron chi connectivity index (χ4n) is 4.50. The summed E-state index contributed by atoms with van der Waals surface area (Å²) in [5.41, 5.74) is 6.86. The predicted octanol–water partition coefficient (Wildman–Crippen LogP) is 1.56. The molecule has 1 aliphatic rings. The van der Waals surface area contributed by atoms with Gasteiger partial charge in [-0.05, 0) is 44.9 Å². The molecule has 0 saturated carbocycles. The van der Waals surface area contributed by atoms with Crippen LogP contribution in [0.4, 0.5) is 5.95 Å². The van der Waals surface area contributed by atoms with Crippen molar-refractivity contribution in [2.75, 3.05) is 18.0 Å². The highest BCUT2D eigenvalue weighted by molar-refractivity contribution is 6.31. The van der Waals surface area contributed by atoms with Gasteiger partial charge in [-0.2, -0.15) is 9.50 Å². The summed E-state index contributed by atoms with van der Waals surface area (Å²) in [6.07, 6.45) is 1.86. The minimum Gasteiger partial charge on any atom is -0.339 e. The summed E-state index contributed by atoms with van der Waals surface area (Å²) in [5.74, 6) is 6.81. The van der Waals surface area contributed by atoms with Crippen LogP contribution in [0.2, 0.25) is 5.02 Å². The fourth-order valence-corrected chi connectivity index (χ4v) is 4.68. The quantitative estimate of drug-likeness (QED) is 0.430. The second kappa shape index (κ2) is 9.17. The van der Waals surface area contributed by atoms with Crippen LogP contribution in [-0.2, 0) is 13.1 Å². The number of piperidine rings is 1. The predicted molar refractivity (Wildman–Crippen MR) is 135 cm³/mol. The molecule has 1 saturated heterocycles. The molecule has 0 spiro atoms. The number of aryl methyl sites for hydroxylation is 1. The number of aromatic nitrogens is 6. The molecular weight excluding hydrogens is 468 g/mol. The van der Waals surface area contributed by atoms with Crippen LogP contribution >= 0.6 is 11.6 Å². The number of benzene rings is 1. The summed E-state index contributed by atoms with van der Waals surface area (Å²) in [4.78, 5) is 42.3. The van der Waals surface area contributed by atoms with E-state index in [0.29, 0.717) is 34.6 Å². The third-order valence-electron chi connectivity index (χ3n) is 6.18. The molecule has 0 amide bonds. The van der Waals surface area contributed by atoms with E-state index in [2.05, 4.69) is 26.8 Å². The Morgan fingerprint density at radius 2 is 2.03 bits per heavy atom. The van der Waals surface area contributed by atoms with E-state index < -0.39 is 11.2 Å². The largest absolute Gasteiger partial charge is 0.352 e. The molecule has 180 valence electrons. The van der Waals surface area contributed by atoms with E-state index in [4.69, 9.17) is 17.3 Å². The Balaban J connectivity index is 1.63. The molecular formula is C24H25ClN8O2. The lowest BCUT2D eigenvalue weighted by atomic mass is 10.1. The topological polar surface area (TPSA) is 116 Å². The highest BCUT2D eigenvalue weighted by Gasteiger charge is 2.24. The minimum atomic E-state index is -0.525. The summed E-state index contributed by atoms with van der Waals surface area (Å²) >= 11 is 6.10. The van der Waals surface area contributed by atoms with Crippen molar-refractivity contribution >= 4 is 34.1 Å². The van der Waals surface area contributed by atoms with Crippen LogP contribution in [0.15, 0.2) is 33.9 Å². The first-order valence-electron chi connectivity index (χ1n) is 11.4. The molecule has 1 atom stereocenters. The first kappa shape index (κ1) is 23.1. The molecule has 1 aliphatic heterocycles. The van der Waals surface area contributed by atoms with E-state index in [9.17, 15) is 9.59 Å². The molecule has 4 heterocycles. The summed E-state index contributed by atoms with van der Waals surface area (Å²) in [6.45, 7) is 5.14. The van der Waals surface area contributed by atoms with Gasteiger partial charge in [-0.1, -0.05) is 17.5 Å². The highest BCUT2D eigenvalue weighted by Crippen LogP contribution is 2.21. The van der Waals surface area contributed by atoms with Gasteiger partial charge in [0.15, 0.2) is 5.65 Å². The standard InChI is InChI=1S/C24H25ClN8O2/c1-3-4-10-32-23(30-9-5-6-17(26)13-30)29-21-12-22(34)31(24(35)33(21)32)14-20-27-15(2)18-11-16(25)7-8-19(18)28-20/h7-8,11-12,17H,5-6,9-10,13-14,26H2,1-2H3/t17-/m1/s1. The van der Waals surface area contributed by atoms with Gasteiger partial charge in [0.25, 0.3) is 5.56 Å². The Labute approximate surface area is 206 Å². The Kier molecular flexibility index (Phi) is 6.05. The second-order valence-electron chi connectivity index (χ2n) is 8.65. The van der Waals surface area contributed by atoms with Crippen molar-refractivity contribution in [2.45, 2.75) is 45.8 Å². The molecule has 0 radical (unpaired) electrons. The smallest absolute Gasteiger partial charge is 0.339 e. The third kappa shape index (κ3) is 4.29. The van der Waals surface area contributed by atoms with Crippen molar-refractivity contribution in [3.63, 3.8) is 0 Å². The number of nitrogens with two attached hydrogens (primary N) is 1. The maximum absolute atomic E-state index is 13.6. The molecule has 0 unspecified atom stereocenters. The van der Waals surface area contributed by atoms with Gasteiger partial charge in [-0.15, -0.1) is 5.92 Å². The first-order chi connectivity index (χ1) is 16.9. The number of anilines is 1. The van der Waals surface area contributed by atoms with Gasteiger partial charge in [0.05, 0.1) is 12.1 Å². The Morgan fingerprint density at radius 1 is 1.20 bits per heavy atom. The summed E-state index contributed by atoms with van der Waals surface area (Å²) in [6, 6.07) is 6.72. The Morgan fingerprint density at radius 3 is 2.80 bits per heavy atom. The molecule has 1 fully saturated rings. The number of hydrogen-bond donors (Lipinski definition) is 1. The molecule has 0 aliphatic carbocycles. The fraction of sp³-hybridized carbons (Fsp3) is 0.375. The van der Waals surface area contributed by atoms with Gasteiger partial charge < -0.3 is 10.6 Å². The zero-order chi connectivity index (χ0) is 24.7. The molecule has 2 N–H and O–H groups in total. The first-order valence-corrected chi connectivity index (χ1v) is 11.8. The lowest BCUT2D eigenvalue weighted by molar-refractivity contribution is 0.485. The maximum atomic E-state index is 13.6. The van der Waals surface area contributed by atoms with Crippen molar-refractivity contribution in [1.29, 1.82) is 0 Å². The SMILES string of the molecule is CC#CCn1c(N2CCC[C@@H](N)C2)nc2cc(=O)n(Cc3nc(C)c4cc(Cl)ccc4n3)c(=O)n21. The van der Waals surface area contributed by atoms with E-state index in [-0.39, 0.29) is 24.8 Å². The van der Waals surface area contributed by atoms with Gasteiger partial charge in [0.1, 0.15) is 12.4 Å². The monoisotopic (exact) mass is 492 g/mol. The summed E-state index contributed by atoms with van der Waals surface area (Å²) in [5, 5.41) is 1.41. The lowest BCUT2D eigenvalue weighted by Gasteiger charge is -2.31. The van der Waals surface area contributed by atoms with Crippen molar-refractivity contribution in [1.82, 2.24) is 28.7 Å². The zero-order valence-corrected chi connectivity index (χ0v) is 20.3. The minimum absolute atomic E-state index is 0.0224. The van der Waals surface area contributed by atoms with Crippen LogP contribution in [0.5, 0.6) is 0 Å². The zero-order valence-electron chi connectivity index (χ0n) is 19.5. The number of hydrogen-bond acceptors (Lipinski definition) is 7. The number of rotatable bonds is 4. The highest BCUT2D eigenvalue weighted by atomic mass is 35.5. The van der Waals surface area contributed by atoms with Crippen molar-refractivity contribution < 1.29 is 0 Å². The van der Waals surface area contributed by atoms with Gasteiger partial charge in [0, 0.05) is 41.3 Å². The number of nitrogens with zero attached hydrogens (tertiary/aromatic N) is 7. The van der Waals surface area contributed by atoms with Crippen molar-refractivity contribution in [3.8, 4) is 11.8 Å². The molecule has 35 heavy (non-hydrogen) atoms. The molecule has 10 nitrogen and oxygen atoms in total. The lowest BCUT2D eigenvalue weighted by Crippen LogP contribution is -2.44. The van der Waals surface area contributed by atoms with E-state index in [0.717, 1.165) is 29.3 Å². The maximum Gasteiger partial charge on any atom is 0.352 e. The van der Waals surface area contributed by atoms with Gasteiger partial charge >= 0.3 is 5.69 Å². The second-order valence-corrected chi connectivity index (χ2v) is 9.09. The average Bonchev–Trinajstić information content (AvgIpc) is 3.19. The Hall–Kier alpha value is -3.68. The van der Waals surface area contributed by atoms with E-state index in [1.807, 2.05) is 11.8 Å². The van der Waals surface area contributed by atoms with Gasteiger partial charge in [0.2, 0.25) is 5.95 Å². The molecule has 1 aromatic carbocycles.